The molecule has 0 bridgehead atoms. The van der Waals surface area contributed by atoms with Crippen LogP contribution in [0.25, 0.3) is 0 Å². The summed E-state index contributed by atoms with van der Waals surface area (Å²) >= 11 is 0. The Kier molecular flexibility index (Phi) is 5.37. The van der Waals surface area contributed by atoms with Gasteiger partial charge in [-0.15, -0.1) is 12.4 Å². The lowest BCUT2D eigenvalue weighted by atomic mass is 10.3. The van der Waals surface area contributed by atoms with Gasteiger partial charge in [-0.25, -0.2) is 0 Å². The Hall–Kier alpha value is -0.490. The first-order chi connectivity index (χ1) is 6.38. The van der Waals surface area contributed by atoms with Crippen LogP contribution >= 0.6 is 12.4 Å². The molecule has 0 radical (unpaired) electrons. The quantitative estimate of drug-likeness (QED) is 0.799. The topological polar surface area (TPSA) is 46.3 Å². The van der Waals surface area contributed by atoms with Gasteiger partial charge in [0.25, 0.3) is 0 Å². The van der Waals surface area contributed by atoms with E-state index in [0.717, 1.165) is 0 Å². The molecule has 7 heteroatoms. The first kappa shape index (κ1) is 14.5. The van der Waals surface area contributed by atoms with E-state index in [4.69, 9.17) is 5.73 Å². The number of amides is 1. The highest BCUT2D eigenvalue weighted by atomic mass is 35.5. The van der Waals surface area contributed by atoms with Crippen molar-refractivity contribution in [1.29, 1.82) is 0 Å². The van der Waals surface area contributed by atoms with Crippen molar-refractivity contribution in [2.45, 2.75) is 31.5 Å². The number of hydrogen-bond donors (Lipinski definition) is 1. The second-order valence-corrected chi connectivity index (χ2v) is 3.50. The number of alkyl halides is 3. The third-order valence-corrected chi connectivity index (χ3v) is 2.20. The molecule has 1 heterocycles. The largest absolute Gasteiger partial charge is 0.389 e. The number of rotatable bonds is 2. The average Bonchev–Trinajstić information content (AvgIpc) is 2.46. The first-order valence-electron chi connectivity index (χ1n) is 4.48. The van der Waals surface area contributed by atoms with Crippen molar-refractivity contribution in [2.75, 3.05) is 13.1 Å². The highest BCUT2D eigenvalue weighted by molar-refractivity contribution is 5.85. The third-order valence-electron chi connectivity index (χ3n) is 2.20. The van der Waals surface area contributed by atoms with Crippen LogP contribution in [0.1, 0.15) is 19.3 Å². The van der Waals surface area contributed by atoms with Crippen molar-refractivity contribution in [3.63, 3.8) is 0 Å². The monoisotopic (exact) mass is 246 g/mol. The summed E-state index contributed by atoms with van der Waals surface area (Å²) < 4.78 is 35.4. The summed E-state index contributed by atoms with van der Waals surface area (Å²) in [6.07, 6.45) is -5.08. The Morgan fingerprint density at radius 3 is 2.47 bits per heavy atom. The molecule has 0 unspecified atom stereocenters. The highest BCUT2D eigenvalue weighted by Gasteiger charge is 2.30. The third kappa shape index (κ3) is 5.22. The Bertz CT molecular complexity index is 222. The first-order valence-corrected chi connectivity index (χ1v) is 4.48. The Morgan fingerprint density at radius 2 is 2.07 bits per heavy atom. The summed E-state index contributed by atoms with van der Waals surface area (Å²) in [6, 6.07) is -0.0789. The molecular formula is C8H14ClF3N2O. The molecule has 0 aromatic carbocycles. The number of likely N-dealkylation sites (tertiary alicyclic amines) is 1. The van der Waals surface area contributed by atoms with Gasteiger partial charge < -0.3 is 10.6 Å². The van der Waals surface area contributed by atoms with Gasteiger partial charge in [0.2, 0.25) is 5.91 Å². The number of carbonyl (C=O) groups is 1. The van der Waals surface area contributed by atoms with Crippen LogP contribution in [0.4, 0.5) is 13.2 Å². The van der Waals surface area contributed by atoms with E-state index in [1.165, 1.54) is 4.90 Å². The molecule has 3 nitrogen and oxygen atoms in total. The van der Waals surface area contributed by atoms with Gasteiger partial charge in [-0.1, -0.05) is 0 Å². The Morgan fingerprint density at radius 1 is 1.47 bits per heavy atom. The predicted octanol–water partition coefficient (Wildman–Crippen LogP) is 1.31. The normalized spacial score (nSPS) is 21.3. The lowest BCUT2D eigenvalue weighted by Gasteiger charge is -2.16. The van der Waals surface area contributed by atoms with Crippen molar-refractivity contribution >= 4 is 18.3 Å². The number of halogens is 4. The second kappa shape index (κ2) is 5.55. The molecular weight excluding hydrogens is 233 g/mol. The van der Waals surface area contributed by atoms with E-state index < -0.39 is 24.9 Å². The van der Waals surface area contributed by atoms with E-state index in [0.29, 0.717) is 19.5 Å². The molecule has 1 atom stereocenters. The minimum absolute atomic E-state index is 0. The molecule has 2 N–H and O–H groups in total. The van der Waals surface area contributed by atoms with Crippen LogP contribution < -0.4 is 5.73 Å². The van der Waals surface area contributed by atoms with Gasteiger partial charge in [-0.05, 0) is 6.42 Å². The lowest BCUT2D eigenvalue weighted by Crippen LogP contribution is -2.32. The molecule has 15 heavy (non-hydrogen) atoms. The van der Waals surface area contributed by atoms with Crippen molar-refractivity contribution in [2.24, 2.45) is 5.73 Å². The number of hydrogen-bond acceptors (Lipinski definition) is 2. The Labute approximate surface area is 92.2 Å². The van der Waals surface area contributed by atoms with Crippen LogP contribution in [0, 0.1) is 0 Å². The SMILES string of the molecule is Cl.N[C@@H]1CCN(C(=O)CCC(F)(F)F)C1. The average molecular weight is 247 g/mol. The van der Waals surface area contributed by atoms with Gasteiger partial charge in [0, 0.05) is 25.6 Å². The van der Waals surface area contributed by atoms with E-state index >= 15 is 0 Å². The maximum absolute atomic E-state index is 11.8. The molecule has 1 aliphatic heterocycles. The van der Waals surface area contributed by atoms with E-state index in [1.807, 2.05) is 0 Å². The van der Waals surface area contributed by atoms with Crippen molar-refractivity contribution < 1.29 is 18.0 Å². The molecule has 0 spiro atoms. The molecule has 0 saturated carbocycles. The Balaban J connectivity index is 0.00000196. The van der Waals surface area contributed by atoms with Crippen molar-refractivity contribution in [1.82, 2.24) is 4.90 Å². The lowest BCUT2D eigenvalue weighted by molar-refractivity contribution is -0.148. The fraction of sp³-hybridized carbons (Fsp3) is 0.875. The molecule has 1 fully saturated rings. The van der Waals surface area contributed by atoms with Gasteiger partial charge in [0.1, 0.15) is 0 Å². The summed E-state index contributed by atoms with van der Waals surface area (Å²) in [5.74, 6) is -0.449. The van der Waals surface area contributed by atoms with Crippen LogP contribution in [0.15, 0.2) is 0 Å². The van der Waals surface area contributed by atoms with E-state index in [-0.39, 0.29) is 18.4 Å². The fourth-order valence-electron chi connectivity index (χ4n) is 1.42. The molecule has 0 aliphatic carbocycles. The van der Waals surface area contributed by atoms with Gasteiger partial charge in [-0.2, -0.15) is 13.2 Å². The van der Waals surface area contributed by atoms with Crippen LogP contribution in [0.3, 0.4) is 0 Å². The highest BCUT2D eigenvalue weighted by Crippen LogP contribution is 2.22. The maximum Gasteiger partial charge on any atom is 0.389 e. The van der Waals surface area contributed by atoms with Crippen molar-refractivity contribution in [3.05, 3.63) is 0 Å². The molecule has 1 rings (SSSR count). The van der Waals surface area contributed by atoms with E-state index in [9.17, 15) is 18.0 Å². The molecule has 0 aromatic rings. The van der Waals surface area contributed by atoms with Crippen LogP contribution in [-0.4, -0.2) is 36.1 Å². The zero-order valence-electron chi connectivity index (χ0n) is 8.09. The second-order valence-electron chi connectivity index (χ2n) is 3.50. The molecule has 1 amide bonds. The van der Waals surface area contributed by atoms with E-state index in [2.05, 4.69) is 0 Å². The van der Waals surface area contributed by atoms with Gasteiger partial charge in [0.15, 0.2) is 0 Å². The smallest absolute Gasteiger partial charge is 0.341 e. The molecule has 1 saturated heterocycles. The minimum atomic E-state index is -4.25. The standard InChI is InChI=1S/C8H13F3N2O.ClH/c9-8(10,11)3-1-7(14)13-4-2-6(12)5-13;/h6H,1-5,12H2;1H/t6-;/m1./s1. The minimum Gasteiger partial charge on any atom is -0.341 e. The van der Waals surface area contributed by atoms with Crippen LogP contribution in [-0.2, 0) is 4.79 Å². The van der Waals surface area contributed by atoms with Crippen LogP contribution in [0.2, 0.25) is 0 Å². The van der Waals surface area contributed by atoms with E-state index in [1.54, 1.807) is 0 Å². The van der Waals surface area contributed by atoms with Crippen molar-refractivity contribution in [3.8, 4) is 0 Å². The fourth-order valence-corrected chi connectivity index (χ4v) is 1.42. The van der Waals surface area contributed by atoms with Crippen LogP contribution in [0.5, 0.6) is 0 Å². The number of carbonyl (C=O) groups excluding carboxylic acids is 1. The molecule has 0 aromatic heterocycles. The number of nitrogens with two attached hydrogens (primary N) is 1. The predicted molar refractivity (Wildman–Crippen MR) is 51.7 cm³/mol. The molecule has 1 aliphatic rings. The zero-order chi connectivity index (χ0) is 10.8. The summed E-state index contributed by atoms with van der Waals surface area (Å²) in [5.41, 5.74) is 5.53. The summed E-state index contributed by atoms with van der Waals surface area (Å²) in [7, 11) is 0. The summed E-state index contributed by atoms with van der Waals surface area (Å²) in [6.45, 7) is 0.870. The molecule has 90 valence electrons. The maximum atomic E-state index is 11.8. The van der Waals surface area contributed by atoms with Gasteiger partial charge in [0.05, 0.1) is 6.42 Å². The van der Waals surface area contributed by atoms with Gasteiger partial charge in [-0.3, -0.25) is 4.79 Å². The summed E-state index contributed by atoms with van der Waals surface area (Å²) in [5, 5.41) is 0. The van der Waals surface area contributed by atoms with Gasteiger partial charge >= 0.3 is 6.18 Å². The zero-order valence-corrected chi connectivity index (χ0v) is 8.90. The number of nitrogens with zero attached hydrogens (tertiary/aromatic N) is 1. The summed E-state index contributed by atoms with van der Waals surface area (Å²) in [4.78, 5) is 12.6.